The Morgan fingerprint density at radius 1 is 0.938 bits per heavy atom. The van der Waals surface area contributed by atoms with Gasteiger partial charge in [-0.2, -0.15) is 0 Å². The van der Waals surface area contributed by atoms with Crippen LogP contribution in [0.5, 0.6) is 0 Å². The average molecular weight is 485 g/mol. The predicted molar refractivity (Wildman–Crippen MR) is 128 cm³/mol. The molecule has 0 radical (unpaired) electrons. The molecule has 8 nitrogen and oxygen atoms in total. The Bertz CT molecular complexity index is 910. The molecule has 1 aromatic rings. The molecule has 0 amide bonds. The lowest BCUT2D eigenvalue weighted by Gasteiger charge is -2.51. The lowest BCUT2D eigenvalue weighted by molar-refractivity contribution is -0.0571. The van der Waals surface area contributed by atoms with Gasteiger partial charge in [-0.15, -0.1) is 0 Å². The van der Waals surface area contributed by atoms with E-state index in [1.165, 1.54) is 10.6 Å². The monoisotopic (exact) mass is 484 g/mol. The van der Waals surface area contributed by atoms with E-state index in [-0.39, 0.29) is 34.4 Å². The van der Waals surface area contributed by atoms with E-state index in [1.54, 1.807) is 6.92 Å². The highest BCUT2D eigenvalue weighted by Gasteiger charge is 2.60. The number of H-pyrrole nitrogens is 1. The molecule has 2 aliphatic heterocycles. The summed E-state index contributed by atoms with van der Waals surface area (Å²) < 4.78 is 28.8. The molecular formula is C22H40N2O6Si2. The molecule has 0 aliphatic carbocycles. The third kappa shape index (κ3) is 4.37. The van der Waals surface area contributed by atoms with Crippen LogP contribution in [0.25, 0.3) is 0 Å². The molecule has 2 fully saturated rings. The molecule has 32 heavy (non-hydrogen) atoms. The summed E-state index contributed by atoms with van der Waals surface area (Å²) in [6.07, 6.45) is -0.538. The molecule has 3 heterocycles. The lowest BCUT2D eigenvalue weighted by Crippen LogP contribution is -2.65. The minimum absolute atomic E-state index is 0.228. The summed E-state index contributed by atoms with van der Waals surface area (Å²) in [4.78, 5) is 26.6. The van der Waals surface area contributed by atoms with Crippen LogP contribution in [0.1, 0.15) is 73.7 Å². The minimum atomic E-state index is -2.72. The number of aromatic amines is 1. The van der Waals surface area contributed by atoms with Crippen molar-refractivity contribution >= 4 is 17.1 Å². The number of aryl methyl sites for hydroxylation is 1. The number of aromatic nitrogens is 2. The van der Waals surface area contributed by atoms with Crippen molar-refractivity contribution in [2.24, 2.45) is 0 Å². The molecule has 1 N–H and O–H groups in total. The van der Waals surface area contributed by atoms with Crippen LogP contribution in [-0.2, 0) is 17.7 Å². The molecule has 3 rings (SSSR count). The van der Waals surface area contributed by atoms with Crippen molar-refractivity contribution in [1.29, 1.82) is 0 Å². The fourth-order valence-electron chi connectivity index (χ4n) is 5.27. The summed E-state index contributed by atoms with van der Waals surface area (Å²) in [5.74, 6) is 0. The van der Waals surface area contributed by atoms with Gasteiger partial charge in [-0.25, -0.2) is 4.79 Å². The number of nitrogens with one attached hydrogen (secondary N) is 1. The van der Waals surface area contributed by atoms with Gasteiger partial charge >= 0.3 is 22.8 Å². The van der Waals surface area contributed by atoms with Crippen LogP contribution in [0.15, 0.2) is 15.7 Å². The van der Waals surface area contributed by atoms with Gasteiger partial charge in [0.15, 0.2) is 0 Å². The minimum Gasteiger partial charge on any atom is -0.414 e. The summed E-state index contributed by atoms with van der Waals surface area (Å²) in [7, 11) is -5.35. The van der Waals surface area contributed by atoms with Crippen LogP contribution < -0.4 is 11.2 Å². The van der Waals surface area contributed by atoms with Crippen molar-refractivity contribution in [2.45, 2.75) is 109 Å². The van der Waals surface area contributed by atoms with Crippen LogP contribution in [0.3, 0.4) is 0 Å². The van der Waals surface area contributed by atoms with Crippen LogP contribution in [0.4, 0.5) is 0 Å². The van der Waals surface area contributed by atoms with E-state index < -0.39 is 34.6 Å². The first kappa shape index (κ1) is 25.6. The van der Waals surface area contributed by atoms with E-state index in [9.17, 15) is 9.59 Å². The summed E-state index contributed by atoms with van der Waals surface area (Å²) in [5, 5.41) is 0. The SMILES string of the molecule is Cc1cc(=O)[nH]c(=O)n1[C@H]1C[C@@H]2O[Si](C(C)C)(C(C)C)O[Si](C(C)C)(C(C)C)OC[C@H]2O1. The molecule has 10 heteroatoms. The third-order valence-corrected chi connectivity index (χ3v) is 17.3. The van der Waals surface area contributed by atoms with Crippen molar-refractivity contribution in [3.63, 3.8) is 0 Å². The fraction of sp³-hybridized carbons (Fsp3) is 0.818. The largest absolute Gasteiger partial charge is 0.414 e. The smallest absolute Gasteiger partial charge is 0.335 e. The van der Waals surface area contributed by atoms with Gasteiger partial charge in [0.05, 0.1) is 12.7 Å². The van der Waals surface area contributed by atoms with E-state index in [0.717, 1.165) is 0 Å². The first-order chi connectivity index (χ1) is 14.8. The highest BCUT2D eigenvalue weighted by atomic mass is 28.5. The molecule has 0 bridgehead atoms. The average Bonchev–Trinajstić information content (AvgIpc) is 3.01. The molecule has 0 saturated carbocycles. The molecule has 182 valence electrons. The summed E-state index contributed by atoms with van der Waals surface area (Å²) >= 11 is 0. The Morgan fingerprint density at radius 2 is 1.50 bits per heavy atom. The van der Waals surface area contributed by atoms with E-state index in [2.05, 4.69) is 60.4 Å². The van der Waals surface area contributed by atoms with Gasteiger partial charge in [0.2, 0.25) is 0 Å². The van der Waals surface area contributed by atoms with E-state index >= 15 is 0 Å². The first-order valence-electron chi connectivity index (χ1n) is 11.8. The van der Waals surface area contributed by atoms with Gasteiger partial charge in [0.25, 0.3) is 5.56 Å². The molecule has 2 aliphatic rings. The zero-order valence-corrected chi connectivity index (χ0v) is 22.9. The van der Waals surface area contributed by atoms with E-state index in [0.29, 0.717) is 18.7 Å². The van der Waals surface area contributed by atoms with Gasteiger partial charge in [0.1, 0.15) is 12.3 Å². The zero-order chi connectivity index (χ0) is 24.0. The van der Waals surface area contributed by atoms with Crippen molar-refractivity contribution in [3.05, 3.63) is 32.6 Å². The first-order valence-corrected chi connectivity index (χ1v) is 15.8. The van der Waals surface area contributed by atoms with Crippen LogP contribution in [0, 0.1) is 6.92 Å². The maximum atomic E-state index is 12.6. The second kappa shape index (κ2) is 9.30. The number of nitrogens with zero attached hydrogens (tertiary/aromatic N) is 1. The van der Waals surface area contributed by atoms with E-state index in [4.69, 9.17) is 17.7 Å². The van der Waals surface area contributed by atoms with Gasteiger partial charge in [-0.05, 0) is 29.1 Å². The quantitative estimate of drug-likeness (QED) is 0.633. The highest BCUT2D eigenvalue weighted by Crippen LogP contribution is 2.48. The summed E-state index contributed by atoms with van der Waals surface area (Å²) in [6, 6.07) is 1.42. The Labute approximate surface area is 193 Å². The Morgan fingerprint density at radius 3 is 2.00 bits per heavy atom. The third-order valence-electron chi connectivity index (χ3n) is 6.98. The number of rotatable bonds is 5. The Kier molecular flexibility index (Phi) is 7.44. The number of hydrogen-bond donors (Lipinski definition) is 1. The van der Waals surface area contributed by atoms with Crippen LogP contribution >= 0.6 is 0 Å². The van der Waals surface area contributed by atoms with Crippen LogP contribution in [0.2, 0.25) is 22.2 Å². The standard InChI is InChI=1S/C22H40N2O6Si2/c1-13(2)31(14(3)4)27-12-19-18(29-32(30-31,15(5)6)16(7)8)11-21(28-19)24-17(9)10-20(25)23-22(24)26/h10,13-16,18-19,21H,11-12H2,1-9H3,(H,23,25,26)/t18-,19+,21+/m0/s1. The van der Waals surface area contributed by atoms with E-state index in [1.807, 2.05) is 0 Å². The number of ether oxygens (including phenoxy) is 1. The fourth-order valence-corrected chi connectivity index (χ4v) is 16.5. The lowest BCUT2D eigenvalue weighted by atomic mass is 10.2. The molecule has 0 aromatic carbocycles. The molecule has 1 aromatic heterocycles. The highest BCUT2D eigenvalue weighted by molar-refractivity contribution is 6.83. The van der Waals surface area contributed by atoms with Crippen molar-refractivity contribution in [1.82, 2.24) is 9.55 Å². The van der Waals surface area contributed by atoms with Gasteiger partial charge in [-0.1, -0.05) is 55.4 Å². The van der Waals surface area contributed by atoms with Gasteiger partial charge in [-0.3, -0.25) is 14.3 Å². The Hall–Kier alpha value is -1.05. The second-order valence-electron chi connectivity index (χ2n) is 10.4. The molecular weight excluding hydrogens is 444 g/mol. The molecule has 0 unspecified atom stereocenters. The van der Waals surface area contributed by atoms with Crippen molar-refractivity contribution in [2.75, 3.05) is 6.61 Å². The van der Waals surface area contributed by atoms with Crippen LogP contribution in [-0.4, -0.2) is 45.5 Å². The maximum absolute atomic E-state index is 12.6. The second-order valence-corrected chi connectivity index (χ2v) is 19.3. The van der Waals surface area contributed by atoms with Crippen molar-refractivity contribution in [3.8, 4) is 0 Å². The normalized spacial score (nSPS) is 27.7. The van der Waals surface area contributed by atoms with Gasteiger partial charge < -0.3 is 17.7 Å². The maximum Gasteiger partial charge on any atom is 0.335 e. The molecule has 3 atom stereocenters. The number of hydrogen-bond acceptors (Lipinski definition) is 6. The zero-order valence-electron chi connectivity index (χ0n) is 20.9. The van der Waals surface area contributed by atoms with Gasteiger partial charge in [0, 0.05) is 18.2 Å². The molecule has 0 spiro atoms. The summed E-state index contributed by atoms with van der Waals surface area (Å²) in [5.41, 5.74) is 0.671. The Balaban J connectivity index is 2.05. The summed E-state index contributed by atoms with van der Waals surface area (Å²) in [6.45, 7) is 19.6. The molecule has 2 saturated heterocycles. The van der Waals surface area contributed by atoms with Crippen molar-refractivity contribution < 1.29 is 17.7 Å². The topological polar surface area (TPSA) is 91.8 Å². The predicted octanol–water partition coefficient (Wildman–Crippen LogP) is 4.09. The number of fused-ring (bicyclic) bond motifs is 1.